The normalized spacial score (nSPS) is 18.5. The fourth-order valence-electron chi connectivity index (χ4n) is 1.93. The van der Waals surface area contributed by atoms with Crippen LogP contribution in [0.25, 0.3) is 0 Å². The first kappa shape index (κ1) is 10.3. The standard InChI is InChI=1S/C9H17NO3/c11-7-6-10(9(12)13)8-4-2-1-3-5-8/h8,11H,1-7H2,(H,12,13). The molecule has 0 aromatic carbocycles. The first-order valence-corrected chi connectivity index (χ1v) is 4.86. The zero-order chi connectivity index (χ0) is 9.68. The summed E-state index contributed by atoms with van der Waals surface area (Å²) in [6.07, 6.45) is 4.43. The van der Waals surface area contributed by atoms with Crippen LogP contribution in [0.1, 0.15) is 32.1 Å². The Kier molecular flexibility index (Phi) is 4.02. The molecule has 0 aromatic rings. The number of hydrogen-bond donors (Lipinski definition) is 2. The van der Waals surface area contributed by atoms with Gasteiger partial charge in [-0.15, -0.1) is 0 Å². The second kappa shape index (κ2) is 5.07. The molecule has 2 N–H and O–H groups in total. The smallest absolute Gasteiger partial charge is 0.407 e. The van der Waals surface area contributed by atoms with Crippen LogP contribution in [0, 0.1) is 0 Å². The molecule has 1 aliphatic rings. The second-order valence-electron chi connectivity index (χ2n) is 3.49. The average molecular weight is 187 g/mol. The minimum atomic E-state index is -0.902. The van der Waals surface area contributed by atoms with Crippen LogP contribution >= 0.6 is 0 Å². The lowest BCUT2D eigenvalue weighted by molar-refractivity contribution is 0.0971. The van der Waals surface area contributed by atoms with Gasteiger partial charge in [-0.2, -0.15) is 0 Å². The van der Waals surface area contributed by atoms with Crippen molar-refractivity contribution >= 4 is 6.09 Å². The summed E-state index contributed by atoms with van der Waals surface area (Å²) in [6, 6.07) is 0.137. The van der Waals surface area contributed by atoms with E-state index in [1.807, 2.05) is 0 Å². The van der Waals surface area contributed by atoms with E-state index in [1.54, 1.807) is 0 Å². The molecule has 0 aliphatic heterocycles. The van der Waals surface area contributed by atoms with Crippen molar-refractivity contribution in [1.82, 2.24) is 4.90 Å². The molecule has 13 heavy (non-hydrogen) atoms. The van der Waals surface area contributed by atoms with Crippen LogP contribution in [0.3, 0.4) is 0 Å². The number of aliphatic hydroxyl groups is 1. The highest BCUT2D eigenvalue weighted by atomic mass is 16.4. The van der Waals surface area contributed by atoms with Crippen LogP contribution in [0.5, 0.6) is 0 Å². The number of carboxylic acid groups (broad SMARTS) is 1. The molecule has 0 radical (unpaired) electrons. The van der Waals surface area contributed by atoms with Crippen LogP contribution in [0.15, 0.2) is 0 Å². The fraction of sp³-hybridized carbons (Fsp3) is 0.889. The van der Waals surface area contributed by atoms with Crippen molar-refractivity contribution < 1.29 is 15.0 Å². The minimum Gasteiger partial charge on any atom is -0.465 e. The van der Waals surface area contributed by atoms with Gasteiger partial charge in [0.2, 0.25) is 0 Å². The molecule has 1 amide bonds. The second-order valence-corrected chi connectivity index (χ2v) is 3.49. The minimum absolute atomic E-state index is 0.0806. The summed E-state index contributed by atoms with van der Waals surface area (Å²) in [4.78, 5) is 12.2. The zero-order valence-corrected chi connectivity index (χ0v) is 7.78. The maximum Gasteiger partial charge on any atom is 0.407 e. The van der Waals surface area contributed by atoms with E-state index in [1.165, 1.54) is 11.3 Å². The van der Waals surface area contributed by atoms with Gasteiger partial charge in [-0.1, -0.05) is 19.3 Å². The van der Waals surface area contributed by atoms with Crippen LogP contribution in [0.2, 0.25) is 0 Å². The number of amides is 1. The lowest BCUT2D eigenvalue weighted by atomic mass is 9.94. The molecule has 0 heterocycles. The van der Waals surface area contributed by atoms with Crippen molar-refractivity contribution in [2.24, 2.45) is 0 Å². The van der Waals surface area contributed by atoms with E-state index in [0.717, 1.165) is 25.7 Å². The topological polar surface area (TPSA) is 60.8 Å². The maximum absolute atomic E-state index is 10.8. The summed E-state index contributed by atoms with van der Waals surface area (Å²) in [5.74, 6) is 0. The Hall–Kier alpha value is -0.770. The highest BCUT2D eigenvalue weighted by Gasteiger charge is 2.24. The van der Waals surface area contributed by atoms with Gasteiger partial charge in [-0.3, -0.25) is 0 Å². The molecule has 1 saturated carbocycles. The quantitative estimate of drug-likeness (QED) is 0.700. The predicted molar refractivity (Wildman–Crippen MR) is 48.7 cm³/mol. The fourth-order valence-corrected chi connectivity index (χ4v) is 1.93. The van der Waals surface area contributed by atoms with E-state index in [-0.39, 0.29) is 19.2 Å². The summed E-state index contributed by atoms with van der Waals surface area (Å²) < 4.78 is 0. The molecule has 0 unspecified atom stereocenters. The Morgan fingerprint density at radius 3 is 2.38 bits per heavy atom. The summed E-state index contributed by atoms with van der Waals surface area (Å²) in [5.41, 5.74) is 0. The third kappa shape index (κ3) is 2.88. The number of hydrogen-bond acceptors (Lipinski definition) is 2. The Morgan fingerprint density at radius 1 is 1.31 bits per heavy atom. The predicted octanol–water partition coefficient (Wildman–Crippen LogP) is 1.29. The van der Waals surface area contributed by atoms with Gasteiger partial charge in [0.05, 0.1) is 6.61 Å². The molecule has 1 rings (SSSR count). The van der Waals surface area contributed by atoms with Crippen LogP contribution in [-0.2, 0) is 0 Å². The first-order chi connectivity index (χ1) is 6.25. The van der Waals surface area contributed by atoms with Gasteiger partial charge in [0.15, 0.2) is 0 Å². The third-order valence-electron chi connectivity index (χ3n) is 2.60. The lowest BCUT2D eigenvalue weighted by Crippen LogP contribution is -2.42. The molecular weight excluding hydrogens is 170 g/mol. The Labute approximate surface area is 78.2 Å². The number of nitrogens with zero attached hydrogens (tertiary/aromatic N) is 1. The number of aliphatic hydroxyl groups excluding tert-OH is 1. The number of carbonyl (C=O) groups is 1. The van der Waals surface area contributed by atoms with E-state index in [0.29, 0.717) is 0 Å². The summed E-state index contributed by atoms with van der Waals surface area (Å²) in [5, 5.41) is 17.6. The monoisotopic (exact) mass is 187 g/mol. The van der Waals surface area contributed by atoms with E-state index >= 15 is 0 Å². The average Bonchev–Trinajstić information content (AvgIpc) is 2.15. The van der Waals surface area contributed by atoms with E-state index < -0.39 is 6.09 Å². The Bertz CT molecular complexity index is 166. The third-order valence-corrected chi connectivity index (χ3v) is 2.60. The van der Waals surface area contributed by atoms with Crippen LogP contribution in [0.4, 0.5) is 4.79 Å². The highest BCUT2D eigenvalue weighted by molar-refractivity contribution is 5.65. The molecule has 0 spiro atoms. The van der Waals surface area contributed by atoms with Gasteiger partial charge in [0.1, 0.15) is 0 Å². The molecule has 0 bridgehead atoms. The van der Waals surface area contributed by atoms with Crippen molar-refractivity contribution in [3.05, 3.63) is 0 Å². The van der Waals surface area contributed by atoms with Crippen LogP contribution in [-0.4, -0.2) is 40.4 Å². The molecule has 76 valence electrons. The van der Waals surface area contributed by atoms with Gasteiger partial charge >= 0.3 is 6.09 Å². The van der Waals surface area contributed by atoms with Crippen molar-refractivity contribution in [1.29, 1.82) is 0 Å². The Morgan fingerprint density at radius 2 is 1.92 bits per heavy atom. The van der Waals surface area contributed by atoms with Gasteiger partial charge in [0.25, 0.3) is 0 Å². The van der Waals surface area contributed by atoms with Gasteiger partial charge in [0, 0.05) is 12.6 Å². The SMILES string of the molecule is O=C(O)N(CCO)C1CCCCC1. The summed E-state index contributed by atoms with van der Waals surface area (Å²) in [6.45, 7) is 0.169. The van der Waals surface area contributed by atoms with Crippen molar-refractivity contribution in [3.8, 4) is 0 Å². The Balaban J connectivity index is 2.46. The molecule has 4 nitrogen and oxygen atoms in total. The molecule has 1 fully saturated rings. The van der Waals surface area contributed by atoms with Crippen molar-refractivity contribution in [3.63, 3.8) is 0 Å². The molecule has 1 aliphatic carbocycles. The van der Waals surface area contributed by atoms with Crippen LogP contribution < -0.4 is 0 Å². The molecule has 0 atom stereocenters. The number of rotatable bonds is 3. The van der Waals surface area contributed by atoms with E-state index in [4.69, 9.17) is 10.2 Å². The van der Waals surface area contributed by atoms with E-state index in [9.17, 15) is 4.79 Å². The lowest BCUT2D eigenvalue weighted by Gasteiger charge is -2.31. The first-order valence-electron chi connectivity index (χ1n) is 4.86. The van der Waals surface area contributed by atoms with Crippen molar-refractivity contribution in [2.45, 2.75) is 38.1 Å². The molecule has 0 aromatic heterocycles. The van der Waals surface area contributed by atoms with Gasteiger partial charge < -0.3 is 15.1 Å². The highest BCUT2D eigenvalue weighted by Crippen LogP contribution is 2.22. The summed E-state index contributed by atoms with van der Waals surface area (Å²) in [7, 11) is 0. The largest absolute Gasteiger partial charge is 0.465 e. The zero-order valence-electron chi connectivity index (χ0n) is 7.78. The van der Waals surface area contributed by atoms with Crippen molar-refractivity contribution in [2.75, 3.05) is 13.2 Å². The van der Waals surface area contributed by atoms with E-state index in [2.05, 4.69) is 0 Å². The van der Waals surface area contributed by atoms with Gasteiger partial charge in [-0.25, -0.2) is 4.79 Å². The molecule has 0 saturated heterocycles. The molecule has 4 heteroatoms. The maximum atomic E-state index is 10.8. The molecular formula is C9H17NO3. The summed E-state index contributed by atoms with van der Waals surface area (Å²) >= 11 is 0. The van der Waals surface area contributed by atoms with Gasteiger partial charge in [-0.05, 0) is 12.8 Å².